The molecule has 1 N–H and O–H groups in total. The third kappa shape index (κ3) is 4.15. The fraction of sp³-hybridized carbons (Fsp3) is 0.500. The summed E-state index contributed by atoms with van der Waals surface area (Å²) < 4.78 is 12.7. The van der Waals surface area contributed by atoms with Gasteiger partial charge in [0.15, 0.2) is 11.4 Å². The molecule has 3 aromatic heterocycles. The third-order valence-electron chi connectivity index (χ3n) is 6.18. The molecule has 0 aromatic carbocycles. The normalized spacial score (nSPS) is 18.7. The van der Waals surface area contributed by atoms with Gasteiger partial charge in [-0.2, -0.15) is 0 Å². The molecule has 1 amide bonds. The van der Waals surface area contributed by atoms with E-state index in [2.05, 4.69) is 15.0 Å². The van der Waals surface area contributed by atoms with E-state index in [1.807, 2.05) is 24.0 Å². The number of likely N-dealkylation sites (tertiary alicyclic amines) is 1. The molecular weight excluding hydrogens is 398 g/mol. The van der Waals surface area contributed by atoms with Crippen LogP contribution in [-0.2, 0) is 11.3 Å². The van der Waals surface area contributed by atoms with Crippen LogP contribution in [0.3, 0.4) is 0 Å². The minimum absolute atomic E-state index is 0.0585. The number of morpholine rings is 1. The number of carbonyl (C=O) groups is 1. The first-order chi connectivity index (χ1) is 15.1. The van der Waals surface area contributed by atoms with E-state index in [1.165, 1.54) is 10.6 Å². The van der Waals surface area contributed by atoms with E-state index < -0.39 is 0 Å². The molecule has 31 heavy (non-hydrogen) atoms. The van der Waals surface area contributed by atoms with Crippen molar-refractivity contribution in [3.05, 3.63) is 57.5 Å². The second-order valence-corrected chi connectivity index (χ2v) is 8.36. The van der Waals surface area contributed by atoms with Crippen LogP contribution >= 0.6 is 0 Å². The molecule has 2 aliphatic rings. The number of nitrogens with zero attached hydrogens (tertiary/aromatic N) is 4. The zero-order valence-corrected chi connectivity index (χ0v) is 17.7. The number of piperidine rings is 1. The number of aryl methyl sites for hydroxylation is 1. The number of furan rings is 1. The highest BCUT2D eigenvalue weighted by molar-refractivity contribution is 5.91. The Kier molecular flexibility index (Phi) is 5.37. The predicted octanol–water partition coefficient (Wildman–Crippen LogP) is 1.78. The molecule has 5 rings (SSSR count). The van der Waals surface area contributed by atoms with E-state index in [0.717, 1.165) is 50.6 Å². The number of aromatic amines is 1. The molecule has 0 saturated carbocycles. The van der Waals surface area contributed by atoms with Crippen LogP contribution in [0.25, 0.3) is 5.65 Å². The molecule has 164 valence electrons. The van der Waals surface area contributed by atoms with Crippen molar-refractivity contribution in [2.24, 2.45) is 0 Å². The van der Waals surface area contributed by atoms with Crippen LogP contribution in [0.5, 0.6) is 0 Å². The highest BCUT2D eigenvalue weighted by Gasteiger charge is 2.27. The average Bonchev–Trinajstić information content (AvgIpc) is 3.41. The number of rotatable bonds is 4. The molecule has 9 heteroatoms. The minimum Gasteiger partial charge on any atom is -0.455 e. The van der Waals surface area contributed by atoms with Crippen molar-refractivity contribution in [3.63, 3.8) is 0 Å². The van der Waals surface area contributed by atoms with Crippen LogP contribution in [0.2, 0.25) is 0 Å². The van der Waals surface area contributed by atoms with E-state index >= 15 is 0 Å². The Bertz CT molecular complexity index is 1130. The summed E-state index contributed by atoms with van der Waals surface area (Å²) in [6, 6.07) is 7.14. The molecule has 5 heterocycles. The van der Waals surface area contributed by atoms with Crippen LogP contribution in [0.15, 0.2) is 33.5 Å². The topological polar surface area (TPSA) is 96.1 Å². The van der Waals surface area contributed by atoms with E-state index in [9.17, 15) is 9.59 Å². The summed E-state index contributed by atoms with van der Waals surface area (Å²) >= 11 is 0. The van der Waals surface area contributed by atoms with Crippen molar-refractivity contribution >= 4 is 11.6 Å². The highest BCUT2D eigenvalue weighted by Crippen LogP contribution is 2.28. The molecule has 0 unspecified atom stereocenters. The number of ether oxygens (including phenoxy) is 1. The summed E-state index contributed by atoms with van der Waals surface area (Å²) in [5, 5.41) is 3.18. The molecule has 9 nitrogen and oxygen atoms in total. The van der Waals surface area contributed by atoms with Gasteiger partial charge in [-0.1, -0.05) is 0 Å². The SMILES string of the molecule is Cc1cc(=O)n2[nH]c(C3CCN(C(=O)c4ccc(CN5CCOCC5)o4)CC3)cc2n1. The van der Waals surface area contributed by atoms with Gasteiger partial charge in [-0.3, -0.25) is 19.6 Å². The van der Waals surface area contributed by atoms with Crippen LogP contribution in [-0.4, -0.2) is 69.7 Å². The number of fused-ring (bicyclic) bond motifs is 1. The summed E-state index contributed by atoms with van der Waals surface area (Å²) in [6.45, 7) is 7.06. The second kappa shape index (κ2) is 8.32. The van der Waals surface area contributed by atoms with Gasteiger partial charge < -0.3 is 14.1 Å². The van der Waals surface area contributed by atoms with Gasteiger partial charge in [0, 0.05) is 55.6 Å². The van der Waals surface area contributed by atoms with Gasteiger partial charge in [0.05, 0.1) is 19.8 Å². The van der Waals surface area contributed by atoms with Crippen molar-refractivity contribution in [3.8, 4) is 0 Å². The van der Waals surface area contributed by atoms with E-state index in [4.69, 9.17) is 9.15 Å². The number of hydrogen-bond donors (Lipinski definition) is 1. The predicted molar refractivity (Wildman–Crippen MR) is 113 cm³/mol. The second-order valence-electron chi connectivity index (χ2n) is 8.36. The van der Waals surface area contributed by atoms with Crippen LogP contribution in [0.4, 0.5) is 0 Å². The summed E-state index contributed by atoms with van der Waals surface area (Å²) in [6.07, 6.45) is 1.65. The lowest BCUT2D eigenvalue weighted by Gasteiger charge is -2.31. The van der Waals surface area contributed by atoms with Gasteiger partial charge in [0.2, 0.25) is 0 Å². The van der Waals surface area contributed by atoms with Gasteiger partial charge in [-0.25, -0.2) is 9.50 Å². The van der Waals surface area contributed by atoms with Gasteiger partial charge in [0.25, 0.3) is 11.5 Å². The van der Waals surface area contributed by atoms with Crippen molar-refractivity contribution in [2.45, 2.75) is 32.2 Å². The quantitative estimate of drug-likeness (QED) is 0.685. The van der Waals surface area contributed by atoms with Crippen molar-refractivity contribution < 1.29 is 13.9 Å². The average molecular weight is 425 g/mol. The van der Waals surface area contributed by atoms with Gasteiger partial charge in [-0.05, 0) is 31.9 Å². The Morgan fingerprint density at radius 3 is 2.71 bits per heavy atom. The van der Waals surface area contributed by atoms with Crippen LogP contribution in [0.1, 0.15) is 46.5 Å². The van der Waals surface area contributed by atoms with Crippen molar-refractivity contribution in [1.29, 1.82) is 0 Å². The maximum absolute atomic E-state index is 12.9. The molecule has 3 aromatic rings. The molecule has 2 saturated heterocycles. The maximum Gasteiger partial charge on any atom is 0.289 e. The zero-order chi connectivity index (χ0) is 21.4. The number of H-pyrrole nitrogens is 1. The minimum atomic E-state index is -0.105. The van der Waals surface area contributed by atoms with Crippen molar-refractivity contribution in [1.82, 2.24) is 24.4 Å². The first kappa shape index (κ1) is 20.0. The maximum atomic E-state index is 12.9. The van der Waals surface area contributed by atoms with E-state index in [1.54, 1.807) is 6.07 Å². The fourth-order valence-electron chi connectivity index (χ4n) is 4.44. The Hall–Kier alpha value is -2.91. The van der Waals surface area contributed by atoms with Crippen LogP contribution < -0.4 is 5.56 Å². The molecule has 0 radical (unpaired) electrons. The fourth-order valence-corrected chi connectivity index (χ4v) is 4.44. The Balaban J connectivity index is 1.21. The molecule has 2 aliphatic heterocycles. The molecule has 2 fully saturated rings. The highest BCUT2D eigenvalue weighted by atomic mass is 16.5. The van der Waals surface area contributed by atoms with E-state index in [0.29, 0.717) is 36.7 Å². The summed E-state index contributed by atoms with van der Waals surface area (Å²) in [7, 11) is 0. The number of hydrogen-bond acceptors (Lipinski definition) is 6. The molecular formula is C22H27N5O4. The molecule has 0 bridgehead atoms. The number of aromatic nitrogens is 3. The molecule has 0 atom stereocenters. The largest absolute Gasteiger partial charge is 0.455 e. The number of amides is 1. The molecule has 0 aliphatic carbocycles. The first-order valence-electron chi connectivity index (χ1n) is 10.8. The number of carbonyl (C=O) groups excluding carboxylic acids is 1. The summed E-state index contributed by atoms with van der Waals surface area (Å²) in [5.41, 5.74) is 2.24. The smallest absolute Gasteiger partial charge is 0.289 e. The van der Waals surface area contributed by atoms with Crippen molar-refractivity contribution in [2.75, 3.05) is 39.4 Å². The first-order valence-corrected chi connectivity index (χ1v) is 10.8. The lowest BCUT2D eigenvalue weighted by molar-refractivity contribution is 0.0309. The van der Waals surface area contributed by atoms with Gasteiger partial charge in [-0.15, -0.1) is 0 Å². The van der Waals surface area contributed by atoms with Crippen LogP contribution in [0, 0.1) is 6.92 Å². The molecule has 0 spiro atoms. The summed E-state index contributed by atoms with van der Waals surface area (Å²) in [5.74, 6) is 1.42. The lowest BCUT2D eigenvalue weighted by Crippen LogP contribution is -2.38. The number of nitrogens with one attached hydrogen (secondary N) is 1. The Morgan fingerprint density at radius 2 is 1.94 bits per heavy atom. The lowest BCUT2D eigenvalue weighted by atomic mass is 9.93. The standard InChI is InChI=1S/C22H27N5O4/c1-15-12-21(28)27-20(23-15)13-18(24-27)16-4-6-26(7-5-16)22(29)19-3-2-17(31-19)14-25-8-10-30-11-9-25/h2-3,12-13,16,24H,4-11,14H2,1H3. The van der Waals surface area contributed by atoms with Gasteiger partial charge in [0.1, 0.15) is 5.76 Å². The Labute approximate surface area is 179 Å². The summed E-state index contributed by atoms with van der Waals surface area (Å²) in [4.78, 5) is 33.6. The van der Waals surface area contributed by atoms with E-state index in [-0.39, 0.29) is 17.4 Å². The monoisotopic (exact) mass is 425 g/mol. The Morgan fingerprint density at radius 1 is 1.16 bits per heavy atom. The van der Waals surface area contributed by atoms with Gasteiger partial charge >= 0.3 is 0 Å². The zero-order valence-electron chi connectivity index (χ0n) is 17.7. The third-order valence-corrected chi connectivity index (χ3v) is 6.18.